The van der Waals surface area contributed by atoms with Gasteiger partial charge in [-0.1, -0.05) is 35.9 Å². The molecule has 0 spiro atoms. The van der Waals surface area contributed by atoms with E-state index in [2.05, 4.69) is 4.98 Å². The predicted molar refractivity (Wildman–Crippen MR) is 81.8 cm³/mol. The van der Waals surface area contributed by atoms with E-state index < -0.39 is 11.9 Å². The van der Waals surface area contributed by atoms with E-state index in [0.29, 0.717) is 12.0 Å². The van der Waals surface area contributed by atoms with E-state index in [-0.39, 0.29) is 5.02 Å². The van der Waals surface area contributed by atoms with Gasteiger partial charge in [0, 0.05) is 22.5 Å². The molecule has 4 heteroatoms. The maximum atomic E-state index is 13.3. The molecule has 0 aliphatic rings. The number of fused-ring (bicyclic) bond motifs is 1. The Morgan fingerprint density at radius 1 is 1.10 bits per heavy atom. The van der Waals surface area contributed by atoms with Gasteiger partial charge in [0.2, 0.25) is 0 Å². The summed E-state index contributed by atoms with van der Waals surface area (Å²) in [6.45, 7) is 0. The van der Waals surface area contributed by atoms with Crippen LogP contribution in [0.15, 0.2) is 54.6 Å². The highest BCUT2D eigenvalue weighted by Crippen LogP contribution is 2.23. The van der Waals surface area contributed by atoms with Crippen LogP contribution in [-0.2, 0) is 6.42 Å². The minimum absolute atomic E-state index is 0.274. The molecule has 0 saturated carbocycles. The Morgan fingerprint density at radius 2 is 1.90 bits per heavy atom. The van der Waals surface area contributed by atoms with Gasteiger partial charge in [0.1, 0.15) is 5.82 Å². The number of pyridine rings is 1. The Morgan fingerprint density at radius 3 is 2.71 bits per heavy atom. The molecule has 0 radical (unpaired) electrons. The summed E-state index contributed by atoms with van der Waals surface area (Å²) in [5.41, 5.74) is 2.08. The van der Waals surface area contributed by atoms with Crippen molar-refractivity contribution in [1.29, 1.82) is 0 Å². The van der Waals surface area contributed by atoms with Gasteiger partial charge in [-0.15, -0.1) is 0 Å². The summed E-state index contributed by atoms with van der Waals surface area (Å²) in [5.74, 6) is -0.456. The molecule has 1 unspecified atom stereocenters. The number of hydrogen-bond acceptors (Lipinski definition) is 2. The van der Waals surface area contributed by atoms with Crippen LogP contribution in [0.2, 0.25) is 5.02 Å². The van der Waals surface area contributed by atoms with Crippen molar-refractivity contribution in [3.8, 4) is 0 Å². The smallest absolute Gasteiger partial charge is 0.125 e. The first-order valence-electron chi connectivity index (χ1n) is 6.60. The zero-order valence-electron chi connectivity index (χ0n) is 11.1. The SMILES string of the molecule is OC(Cc1ccc2ccccc2n1)c1cc(F)cc(Cl)c1. The fraction of sp³-hybridized carbons (Fsp3) is 0.118. The van der Waals surface area contributed by atoms with Crippen LogP contribution in [0.1, 0.15) is 17.4 Å². The lowest BCUT2D eigenvalue weighted by Gasteiger charge is -2.11. The quantitative estimate of drug-likeness (QED) is 0.782. The molecule has 0 bridgehead atoms. The molecule has 0 aliphatic carbocycles. The van der Waals surface area contributed by atoms with Gasteiger partial charge in [-0.25, -0.2) is 4.39 Å². The van der Waals surface area contributed by atoms with E-state index in [1.165, 1.54) is 12.1 Å². The number of aromatic nitrogens is 1. The first-order chi connectivity index (χ1) is 10.1. The molecule has 1 N–H and O–H groups in total. The summed E-state index contributed by atoms with van der Waals surface area (Å²) in [6.07, 6.45) is -0.531. The summed E-state index contributed by atoms with van der Waals surface area (Å²) in [5, 5.41) is 11.5. The van der Waals surface area contributed by atoms with Gasteiger partial charge in [0.15, 0.2) is 0 Å². The molecule has 1 aromatic heterocycles. The summed E-state index contributed by atoms with van der Waals surface area (Å²) in [6, 6.07) is 15.7. The normalized spacial score (nSPS) is 12.5. The van der Waals surface area contributed by atoms with Gasteiger partial charge in [0.05, 0.1) is 11.6 Å². The van der Waals surface area contributed by atoms with E-state index >= 15 is 0 Å². The van der Waals surface area contributed by atoms with Crippen LogP contribution < -0.4 is 0 Å². The molecule has 106 valence electrons. The lowest BCUT2D eigenvalue weighted by atomic mass is 10.0. The predicted octanol–water partition coefficient (Wildman–Crippen LogP) is 4.30. The van der Waals surface area contributed by atoms with Crippen LogP contribution in [0.5, 0.6) is 0 Å². The van der Waals surface area contributed by atoms with Crippen LogP contribution in [0, 0.1) is 5.82 Å². The number of benzene rings is 2. The summed E-state index contributed by atoms with van der Waals surface area (Å²) in [4.78, 5) is 4.50. The van der Waals surface area contributed by atoms with E-state index in [1.807, 2.05) is 36.4 Å². The monoisotopic (exact) mass is 301 g/mol. The van der Waals surface area contributed by atoms with Gasteiger partial charge < -0.3 is 5.11 Å². The van der Waals surface area contributed by atoms with Crippen molar-refractivity contribution in [1.82, 2.24) is 4.98 Å². The third-order valence-electron chi connectivity index (χ3n) is 3.33. The highest BCUT2D eigenvalue weighted by Gasteiger charge is 2.12. The van der Waals surface area contributed by atoms with Crippen LogP contribution in [0.25, 0.3) is 10.9 Å². The van der Waals surface area contributed by atoms with Gasteiger partial charge >= 0.3 is 0 Å². The van der Waals surface area contributed by atoms with Crippen LogP contribution in [0.3, 0.4) is 0 Å². The largest absolute Gasteiger partial charge is 0.388 e. The number of aliphatic hydroxyl groups excluding tert-OH is 1. The lowest BCUT2D eigenvalue weighted by Crippen LogP contribution is -2.04. The number of nitrogens with zero attached hydrogens (tertiary/aromatic N) is 1. The number of halogens is 2. The molecule has 0 saturated heterocycles. The van der Waals surface area contributed by atoms with Crippen molar-refractivity contribution in [2.45, 2.75) is 12.5 Å². The first kappa shape index (κ1) is 14.0. The van der Waals surface area contributed by atoms with Crippen LogP contribution in [-0.4, -0.2) is 10.1 Å². The third-order valence-corrected chi connectivity index (χ3v) is 3.55. The average molecular weight is 302 g/mol. The fourth-order valence-corrected chi connectivity index (χ4v) is 2.54. The third kappa shape index (κ3) is 3.20. The van der Waals surface area contributed by atoms with E-state index in [0.717, 1.165) is 16.6 Å². The van der Waals surface area contributed by atoms with Gasteiger partial charge in [-0.2, -0.15) is 0 Å². The number of hydrogen-bond donors (Lipinski definition) is 1. The van der Waals surface area contributed by atoms with Gasteiger partial charge in [-0.05, 0) is 35.9 Å². The average Bonchev–Trinajstić information content (AvgIpc) is 2.46. The molecular weight excluding hydrogens is 289 g/mol. The number of para-hydroxylation sites is 1. The van der Waals surface area contributed by atoms with Crippen molar-refractivity contribution < 1.29 is 9.50 Å². The minimum atomic E-state index is -0.841. The summed E-state index contributed by atoms with van der Waals surface area (Å²) < 4.78 is 13.3. The zero-order valence-corrected chi connectivity index (χ0v) is 11.9. The molecule has 0 fully saturated rings. The molecule has 0 amide bonds. The van der Waals surface area contributed by atoms with Crippen molar-refractivity contribution in [2.75, 3.05) is 0 Å². The Balaban J connectivity index is 1.86. The van der Waals surface area contributed by atoms with Crippen molar-refractivity contribution >= 4 is 22.5 Å². The van der Waals surface area contributed by atoms with Crippen molar-refractivity contribution in [2.24, 2.45) is 0 Å². The molecule has 21 heavy (non-hydrogen) atoms. The minimum Gasteiger partial charge on any atom is -0.388 e. The van der Waals surface area contributed by atoms with Gasteiger partial charge in [-0.3, -0.25) is 4.98 Å². The van der Waals surface area contributed by atoms with Crippen molar-refractivity contribution in [3.05, 3.63) is 76.7 Å². The number of rotatable bonds is 3. The molecular formula is C17H13ClFNO. The molecule has 3 rings (SSSR count). The Hall–Kier alpha value is -1.97. The first-order valence-corrected chi connectivity index (χ1v) is 6.98. The summed E-state index contributed by atoms with van der Waals surface area (Å²) in [7, 11) is 0. The molecule has 3 aromatic rings. The molecule has 1 heterocycles. The van der Waals surface area contributed by atoms with Crippen LogP contribution >= 0.6 is 11.6 Å². The second-order valence-corrected chi connectivity index (χ2v) is 5.35. The maximum Gasteiger partial charge on any atom is 0.125 e. The molecule has 0 aliphatic heterocycles. The van der Waals surface area contributed by atoms with E-state index in [9.17, 15) is 9.50 Å². The van der Waals surface area contributed by atoms with E-state index in [4.69, 9.17) is 11.6 Å². The molecule has 1 atom stereocenters. The standard InChI is InChI=1S/C17H13ClFNO/c18-13-7-12(8-14(19)9-13)17(21)10-15-6-5-11-3-1-2-4-16(11)20-15/h1-9,17,21H,10H2. The summed E-state index contributed by atoms with van der Waals surface area (Å²) >= 11 is 5.81. The Kier molecular flexibility index (Phi) is 3.86. The number of aliphatic hydroxyl groups is 1. The topological polar surface area (TPSA) is 33.1 Å². The Labute approximate surface area is 126 Å². The van der Waals surface area contributed by atoms with Crippen LogP contribution in [0.4, 0.5) is 4.39 Å². The van der Waals surface area contributed by atoms with Gasteiger partial charge in [0.25, 0.3) is 0 Å². The second-order valence-electron chi connectivity index (χ2n) is 4.92. The van der Waals surface area contributed by atoms with E-state index in [1.54, 1.807) is 6.07 Å². The Bertz CT molecular complexity index is 770. The zero-order chi connectivity index (χ0) is 14.8. The van der Waals surface area contributed by atoms with Crippen molar-refractivity contribution in [3.63, 3.8) is 0 Å². The second kappa shape index (κ2) is 5.80. The highest BCUT2D eigenvalue weighted by atomic mass is 35.5. The molecule has 2 aromatic carbocycles. The highest BCUT2D eigenvalue weighted by molar-refractivity contribution is 6.30. The fourth-order valence-electron chi connectivity index (χ4n) is 2.31. The molecule has 2 nitrogen and oxygen atoms in total. The lowest BCUT2D eigenvalue weighted by molar-refractivity contribution is 0.177. The maximum absolute atomic E-state index is 13.3.